The summed E-state index contributed by atoms with van der Waals surface area (Å²) in [6, 6.07) is 0.148. The van der Waals surface area contributed by atoms with Crippen LogP contribution >= 0.6 is 0 Å². The minimum absolute atomic E-state index is 0.148. The van der Waals surface area contributed by atoms with Crippen LogP contribution in [0.2, 0.25) is 0 Å². The molecule has 0 rings (SSSR count). The Labute approximate surface area is 92.8 Å². The second-order valence-corrected chi connectivity index (χ2v) is 4.69. The molecule has 90 valence electrons. The Kier molecular flexibility index (Phi) is 6.32. The van der Waals surface area contributed by atoms with E-state index >= 15 is 0 Å². The topological polar surface area (TPSA) is 50.4 Å². The highest BCUT2D eigenvalue weighted by Gasteiger charge is 2.18. The number of amides is 1. The maximum absolute atomic E-state index is 11.5. The molecule has 0 aromatic heterocycles. The monoisotopic (exact) mass is 216 g/mol. The lowest BCUT2D eigenvalue weighted by Gasteiger charge is -2.23. The zero-order valence-electron chi connectivity index (χ0n) is 10.5. The van der Waals surface area contributed by atoms with E-state index in [1.165, 1.54) is 0 Å². The number of rotatable bonds is 5. The van der Waals surface area contributed by atoms with Crippen LogP contribution in [0.25, 0.3) is 0 Å². The molecule has 4 nitrogen and oxygen atoms in total. The molecule has 1 unspecified atom stereocenters. The summed E-state index contributed by atoms with van der Waals surface area (Å²) in [6.45, 7) is 8.45. The first-order valence-corrected chi connectivity index (χ1v) is 5.53. The summed E-state index contributed by atoms with van der Waals surface area (Å²) in [5.74, 6) is 0. The summed E-state index contributed by atoms with van der Waals surface area (Å²) in [4.78, 5) is 11.5. The Morgan fingerprint density at radius 3 is 2.40 bits per heavy atom. The molecule has 0 aliphatic rings. The minimum atomic E-state index is -0.430. The fraction of sp³-hybridized carbons (Fsp3) is 0.909. The van der Waals surface area contributed by atoms with Gasteiger partial charge >= 0.3 is 6.09 Å². The molecule has 0 bridgehead atoms. The van der Waals surface area contributed by atoms with Crippen LogP contribution < -0.4 is 10.6 Å². The standard InChI is InChI=1S/C11H24N2O2/c1-6-7-9(8-12-5)13-10(14)15-11(2,3)4/h9,12H,6-8H2,1-5H3,(H,13,14). The van der Waals surface area contributed by atoms with Crippen molar-refractivity contribution >= 4 is 6.09 Å². The Hall–Kier alpha value is -0.770. The van der Waals surface area contributed by atoms with Crippen LogP contribution in [-0.2, 0) is 4.74 Å². The lowest BCUT2D eigenvalue weighted by Crippen LogP contribution is -2.43. The number of nitrogens with one attached hydrogen (secondary N) is 2. The molecule has 0 radical (unpaired) electrons. The number of carbonyl (C=O) groups excluding carboxylic acids is 1. The highest BCUT2D eigenvalue weighted by Crippen LogP contribution is 2.07. The van der Waals surface area contributed by atoms with Gasteiger partial charge in [0.2, 0.25) is 0 Å². The van der Waals surface area contributed by atoms with E-state index in [1.54, 1.807) is 0 Å². The van der Waals surface area contributed by atoms with Gasteiger partial charge in [0.15, 0.2) is 0 Å². The van der Waals surface area contributed by atoms with Gasteiger partial charge in [0.1, 0.15) is 5.60 Å². The van der Waals surface area contributed by atoms with Crippen molar-refractivity contribution in [3.63, 3.8) is 0 Å². The van der Waals surface area contributed by atoms with E-state index in [0.29, 0.717) is 0 Å². The Morgan fingerprint density at radius 2 is 2.00 bits per heavy atom. The molecule has 4 heteroatoms. The molecule has 0 aromatic carbocycles. The van der Waals surface area contributed by atoms with Crippen molar-refractivity contribution in [2.45, 2.75) is 52.2 Å². The van der Waals surface area contributed by atoms with Crippen molar-refractivity contribution in [2.75, 3.05) is 13.6 Å². The van der Waals surface area contributed by atoms with Crippen molar-refractivity contribution in [3.05, 3.63) is 0 Å². The molecule has 0 saturated heterocycles. The first-order chi connectivity index (χ1) is 6.89. The summed E-state index contributed by atoms with van der Waals surface area (Å²) >= 11 is 0. The lowest BCUT2D eigenvalue weighted by atomic mass is 10.1. The number of hydrogen-bond donors (Lipinski definition) is 2. The molecular formula is C11H24N2O2. The number of hydrogen-bond acceptors (Lipinski definition) is 3. The Morgan fingerprint density at radius 1 is 1.40 bits per heavy atom. The SMILES string of the molecule is CCCC(CNC)NC(=O)OC(C)(C)C. The quantitative estimate of drug-likeness (QED) is 0.738. The maximum atomic E-state index is 11.5. The van der Waals surface area contributed by atoms with E-state index in [2.05, 4.69) is 17.6 Å². The summed E-state index contributed by atoms with van der Waals surface area (Å²) in [7, 11) is 1.87. The van der Waals surface area contributed by atoms with E-state index < -0.39 is 5.60 Å². The van der Waals surface area contributed by atoms with Crippen LogP contribution in [0.15, 0.2) is 0 Å². The van der Waals surface area contributed by atoms with Crippen LogP contribution in [0, 0.1) is 0 Å². The summed E-state index contributed by atoms with van der Waals surface area (Å²) in [6.07, 6.45) is 1.67. The highest BCUT2D eigenvalue weighted by atomic mass is 16.6. The van der Waals surface area contributed by atoms with Gasteiger partial charge < -0.3 is 15.4 Å². The van der Waals surface area contributed by atoms with Crippen molar-refractivity contribution in [1.82, 2.24) is 10.6 Å². The molecule has 0 saturated carbocycles. The predicted molar refractivity (Wildman–Crippen MR) is 62.0 cm³/mol. The third kappa shape index (κ3) is 8.24. The fourth-order valence-electron chi connectivity index (χ4n) is 1.29. The molecule has 0 aromatic rings. The van der Waals surface area contributed by atoms with E-state index in [4.69, 9.17) is 4.74 Å². The van der Waals surface area contributed by atoms with Gasteiger partial charge in [0.25, 0.3) is 0 Å². The van der Waals surface area contributed by atoms with Gasteiger partial charge in [-0.05, 0) is 34.2 Å². The second kappa shape index (κ2) is 6.67. The smallest absolute Gasteiger partial charge is 0.407 e. The van der Waals surface area contributed by atoms with E-state index in [-0.39, 0.29) is 12.1 Å². The van der Waals surface area contributed by atoms with Gasteiger partial charge in [-0.1, -0.05) is 13.3 Å². The molecule has 1 atom stereocenters. The summed E-state index contributed by atoms with van der Waals surface area (Å²) < 4.78 is 5.18. The van der Waals surface area contributed by atoms with E-state index in [0.717, 1.165) is 19.4 Å². The first kappa shape index (κ1) is 14.2. The number of alkyl carbamates (subject to hydrolysis) is 1. The number of ether oxygens (including phenoxy) is 1. The van der Waals surface area contributed by atoms with Crippen molar-refractivity contribution < 1.29 is 9.53 Å². The average Bonchev–Trinajstić information content (AvgIpc) is 2.00. The molecular weight excluding hydrogens is 192 g/mol. The van der Waals surface area contributed by atoms with Gasteiger partial charge in [0.05, 0.1) is 0 Å². The van der Waals surface area contributed by atoms with Crippen LogP contribution in [0.5, 0.6) is 0 Å². The molecule has 15 heavy (non-hydrogen) atoms. The van der Waals surface area contributed by atoms with E-state index in [9.17, 15) is 4.79 Å². The maximum Gasteiger partial charge on any atom is 0.407 e. The van der Waals surface area contributed by atoms with E-state index in [1.807, 2.05) is 27.8 Å². The van der Waals surface area contributed by atoms with Crippen LogP contribution in [0.3, 0.4) is 0 Å². The molecule has 0 aliphatic carbocycles. The third-order valence-corrected chi connectivity index (χ3v) is 1.81. The summed E-state index contributed by atoms with van der Waals surface area (Å²) in [5.41, 5.74) is -0.430. The fourth-order valence-corrected chi connectivity index (χ4v) is 1.29. The van der Waals surface area contributed by atoms with Crippen LogP contribution in [0.4, 0.5) is 4.79 Å². The molecule has 0 aliphatic heterocycles. The van der Waals surface area contributed by atoms with Gasteiger partial charge in [-0.25, -0.2) is 4.79 Å². The molecule has 0 heterocycles. The highest BCUT2D eigenvalue weighted by molar-refractivity contribution is 5.68. The third-order valence-electron chi connectivity index (χ3n) is 1.81. The molecule has 0 fully saturated rings. The average molecular weight is 216 g/mol. The van der Waals surface area contributed by atoms with Crippen molar-refractivity contribution in [1.29, 1.82) is 0 Å². The second-order valence-electron chi connectivity index (χ2n) is 4.69. The zero-order valence-corrected chi connectivity index (χ0v) is 10.5. The molecule has 0 spiro atoms. The first-order valence-electron chi connectivity index (χ1n) is 5.53. The predicted octanol–water partition coefficient (Wildman–Crippen LogP) is 1.90. The van der Waals surface area contributed by atoms with Crippen molar-refractivity contribution in [2.24, 2.45) is 0 Å². The van der Waals surface area contributed by atoms with Gasteiger partial charge in [-0.15, -0.1) is 0 Å². The summed E-state index contributed by atoms with van der Waals surface area (Å²) in [5, 5.41) is 5.90. The van der Waals surface area contributed by atoms with Crippen LogP contribution in [-0.4, -0.2) is 31.3 Å². The Bertz CT molecular complexity index is 182. The van der Waals surface area contributed by atoms with Gasteiger partial charge in [-0.2, -0.15) is 0 Å². The number of likely N-dealkylation sites (N-methyl/N-ethyl adjacent to an activating group) is 1. The largest absolute Gasteiger partial charge is 0.444 e. The lowest BCUT2D eigenvalue weighted by molar-refractivity contribution is 0.0502. The zero-order chi connectivity index (χ0) is 11.9. The molecule has 1 amide bonds. The molecule has 2 N–H and O–H groups in total. The van der Waals surface area contributed by atoms with Gasteiger partial charge in [-0.3, -0.25) is 0 Å². The minimum Gasteiger partial charge on any atom is -0.444 e. The van der Waals surface area contributed by atoms with Crippen molar-refractivity contribution in [3.8, 4) is 0 Å². The van der Waals surface area contributed by atoms with Gasteiger partial charge in [0, 0.05) is 12.6 Å². The normalized spacial score (nSPS) is 13.4. The Balaban J connectivity index is 3.99. The number of carbonyl (C=O) groups is 1. The van der Waals surface area contributed by atoms with Crippen LogP contribution in [0.1, 0.15) is 40.5 Å².